The summed E-state index contributed by atoms with van der Waals surface area (Å²) >= 11 is 0. The van der Waals surface area contributed by atoms with Crippen LogP contribution in [-0.4, -0.2) is 37.1 Å². The van der Waals surface area contributed by atoms with Crippen LogP contribution in [0.25, 0.3) is 0 Å². The van der Waals surface area contributed by atoms with Crippen LogP contribution in [0.5, 0.6) is 0 Å². The lowest BCUT2D eigenvalue weighted by molar-refractivity contribution is -0.148. The highest BCUT2D eigenvalue weighted by Gasteiger charge is 2.42. The summed E-state index contributed by atoms with van der Waals surface area (Å²) in [5.41, 5.74) is 5.91. The Morgan fingerprint density at radius 1 is 1.22 bits per heavy atom. The number of rotatable bonds is 2. The van der Waals surface area contributed by atoms with Crippen LogP contribution in [-0.2, 0) is 22.5 Å². The summed E-state index contributed by atoms with van der Waals surface area (Å²) in [7, 11) is 0. The number of benzene rings is 1. The average Bonchev–Trinajstić information content (AvgIpc) is 2.58. The Balaban J connectivity index is 0.00000192. The number of fused-ring (bicyclic) bond motifs is 1. The van der Waals surface area contributed by atoms with Crippen molar-refractivity contribution in [3.8, 4) is 0 Å². The van der Waals surface area contributed by atoms with E-state index in [-0.39, 0.29) is 31.4 Å². The van der Waals surface area contributed by atoms with E-state index in [0.29, 0.717) is 50.1 Å². The van der Waals surface area contributed by atoms with Gasteiger partial charge in [0, 0.05) is 38.4 Å². The summed E-state index contributed by atoms with van der Waals surface area (Å²) in [6.45, 7) is 1.78. The molecule has 2 heterocycles. The summed E-state index contributed by atoms with van der Waals surface area (Å²) in [6, 6.07) is 2.26. The van der Waals surface area contributed by atoms with Crippen LogP contribution in [0.4, 0.5) is 8.78 Å². The summed E-state index contributed by atoms with van der Waals surface area (Å²) in [5, 5.41) is 0. The van der Waals surface area contributed by atoms with Gasteiger partial charge in [0.2, 0.25) is 5.91 Å². The molecule has 2 aliphatic heterocycles. The minimum atomic E-state index is -0.625. The van der Waals surface area contributed by atoms with Gasteiger partial charge in [0.05, 0.1) is 5.41 Å². The summed E-state index contributed by atoms with van der Waals surface area (Å²) < 4.78 is 33.0. The van der Waals surface area contributed by atoms with Crippen LogP contribution in [0.2, 0.25) is 0 Å². The fraction of sp³-hybridized carbons (Fsp3) is 0.562. The zero-order valence-corrected chi connectivity index (χ0v) is 13.6. The zero-order chi connectivity index (χ0) is 15.7. The van der Waals surface area contributed by atoms with Crippen molar-refractivity contribution in [2.45, 2.75) is 25.8 Å². The standard InChI is InChI=1S/C16H20F2N2O2.ClH/c17-13-1-2-14(18)12-9-20(6-3-11(12)13)15(21)16(10-19)4-7-22-8-5-16;/h1-2H,3-10,19H2;1H. The lowest BCUT2D eigenvalue weighted by Crippen LogP contribution is -2.52. The minimum Gasteiger partial charge on any atom is -0.381 e. The highest BCUT2D eigenvalue weighted by atomic mass is 35.5. The lowest BCUT2D eigenvalue weighted by atomic mass is 9.78. The van der Waals surface area contributed by atoms with Crippen LogP contribution in [0.15, 0.2) is 12.1 Å². The second kappa shape index (κ2) is 7.11. The van der Waals surface area contributed by atoms with Crippen LogP contribution in [0.1, 0.15) is 24.0 Å². The molecule has 23 heavy (non-hydrogen) atoms. The van der Waals surface area contributed by atoms with Gasteiger partial charge in [-0.25, -0.2) is 8.78 Å². The van der Waals surface area contributed by atoms with Crippen LogP contribution in [0, 0.1) is 17.0 Å². The maximum atomic E-state index is 14.0. The number of hydrogen-bond donors (Lipinski definition) is 1. The zero-order valence-electron chi connectivity index (χ0n) is 12.8. The molecular weight excluding hydrogens is 326 g/mol. The number of hydrogen-bond acceptors (Lipinski definition) is 3. The number of halogens is 3. The Kier molecular flexibility index (Phi) is 5.60. The molecule has 2 aliphatic rings. The molecular formula is C16H21ClF2N2O2. The molecule has 0 bridgehead atoms. The SMILES string of the molecule is Cl.NCC1(C(=O)N2CCc3c(F)ccc(F)c3C2)CCOCC1. The van der Waals surface area contributed by atoms with Crippen LogP contribution < -0.4 is 5.73 Å². The molecule has 0 atom stereocenters. The molecule has 0 saturated carbocycles. The van der Waals surface area contributed by atoms with E-state index in [9.17, 15) is 13.6 Å². The van der Waals surface area contributed by atoms with Crippen LogP contribution in [0.3, 0.4) is 0 Å². The van der Waals surface area contributed by atoms with E-state index in [4.69, 9.17) is 10.5 Å². The average molecular weight is 347 g/mol. The molecule has 1 aromatic carbocycles. The van der Waals surface area contributed by atoms with Gasteiger partial charge in [-0.1, -0.05) is 0 Å². The smallest absolute Gasteiger partial charge is 0.230 e. The number of amides is 1. The molecule has 0 aliphatic carbocycles. The predicted molar refractivity (Wildman–Crippen MR) is 84.3 cm³/mol. The number of ether oxygens (including phenoxy) is 1. The third-order valence-electron chi connectivity index (χ3n) is 4.88. The third-order valence-corrected chi connectivity index (χ3v) is 4.88. The van der Waals surface area contributed by atoms with E-state index >= 15 is 0 Å². The summed E-state index contributed by atoms with van der Waals surface area (Å²) in [6.07, 6.45) is 1.50. The summed E-state index contributed by atoms with van der Waals surface area (Å²) in [4.78, 5) is 14.5. The first kappa shape index (κ1) is 18.1. The molecule has 2 N–H and O–H groups in total. The third kappa shape index (κ3) is 3.20. The Hall–Kier alpha value is -1.24. The van der Waals surface area contributed by atoms with Crippen molar-refractivity contribution in [2.24, 2.45) is 11.1 Å². The molecule has 7 heteroatoms. The van der Waals surface area contributed by atoms with E-state index in [0.717, 1.165) is 12.1 Å². The Morgan fingerprint density at radius 3 is 2.43 bits per heavy atom. The largest absolute Gasteiger partial charge is 0.381 e. The van der Waals surface area contributed by atoms with Crippen molar-refractivity contribution in [3.05, 3.63) is 34.9 Å². The number of carbonyl (C=O) groups excluding carboxylic acids is 1. The number of nitrogens with zero attached hydrogens (tertiary/aromatic N) is 1. The minimum absolute atomic E-state index is 0. The fourth-order valence-corrected chi connectivity index (χ4v) is 3.37. The molecule has 0 aromatic heterocycles. The number of nitrogens with two attached hydrogens (primary N) is 1. The van der Waals surface area contributed by atoms with Crippen LogP contribution >= 0.6 is 12.4 Å². The van der Waals surface area contributed by atoms with Crippen molar-refractivity contribution >= 4 is 18.3 Å². The van der Waals surface area contributed by atoms with Gasteiger partial charge in [0.25, 0.3) is 0 Å². The monoisotopic (exact) mass is 346 g/mol. The normalized spacial score (nSPS) is 19.7. The predicted octanol–water partition coefficient (Wildman–Crippen LogP) is 2.03. The van der Waals surface area contributed by atoms with E-state index in [1.54, 1.807) is 4.90 Å². The van der Waals surface area contributed by atoms with Gasteiger partial charge < -0.3 is 15.4 Å². The van der Waals surface area contributed by atoms with Gasteiger partial charge in [0.1, 0.15) is 11.6 Å². The maximum absolute atomic E-state index is 14.0. The number of carbonyl (C=O) groups is 1. The van der Waals surface area contributed by atoms with E-state index in [1.807, 2.05) is 0 Å². The molecule has 0 unspecified atom stereocenters. The van der Waals surface area contributed by atoms with Gasteiger partial charge in [-0.3, -0.25) is 4.79 Å². The van der Waals surface area contributed by atoms with Gasteiger partial charge in [-0.15, -0.1) is 12.4 Å². The Labute approximate surface area is 140 Å². The molecule has 1 saturated heterocycles. The van der Waals surface area contributed by atoms with Gasteiger partial charge in [0.15, 0.2) is 0 Å². The first-order chi connectivity index (χ1) is 10.6. The molecule has 1 fully saturated rings. The van der Waals surface area contributed by atoms with Crippen molar-refractivity contribution < 1.29 is 18.3 Å². The van der Waals surface area contributed by atoms with Gasteiger partial charge in [-0.2, -0.15) is 0 Å². The molecule has 128 valence electrons. The Morgan fingerprint density at radius 2 is 1.83 bits per heavy atom. The molecule has 0 spiro atoms. The highest BCUT2D eigenvalue weighted by molar-refractivity contribution is 5.85. The topological polar surface area (TPSA) is 55.6 Å². The fourth-order valence-electron chi connectivity index (χ4n) is 3.37. The molecule has 1 amide bonds. The maximum Gasteiger partial charge on any atom is 0.230 e. The molecule has 3 rings (SSSR count). The van der Waals surface area contributed by atoms with Crippen molar-refractivity contribution in [1.82, 2.24) is 4.90 Å². The van der Waals surface area contributed by atoms with Gasteiger partial charge in [-0.05, 0) is 37.0 Å². The van der Waals surface area contributed by atoms with E-state index in [1.165, 1.54) is 0 Å². The lowest BCUT2D eigenvalue weighted by Gasteiger charge is -2.40. The molecule has 4 nitrogen and oxygen atoms in total. The Bertz CT molecular complexity index is 592. The first-order valence-electron chi connectivity index (χ1n) is 7.60. The second-order valence-electron chi connectivity index (χ2n) is 6.06. The van der Waals surface area contributed by atoms with Crippen molar-refractivity contribution in [1.29, 1.82) is 0 Å². The highest BCUT2D eigenvalue weighted by Crippen LogP contribution is 2.34. The van der Waals surface area contributed by atoms with Gasteiger partial charge >= 0.3 is 0 Å². The second-order valence-corrected chi connectivity index (χ2v) is 6.06. The van der Waals surface area contributed by atoms with E-state index < -0.39 is 17.0 Å². The first-order valence-corrected chi connectivity index (χ1v) is 7.60. The quantitative estimate of drug-likeness (QED) is 0.891. The van der Waals surface area contributed by atoms with E-state index in [2.05, 4.69) is 0 Å². The van der Waals surface area contributed by atoms with Crippen molar-refractivity contribution in [2.75, 3.05) is 26.3 Å². The summed E-state index contributed by atoms with van der Waals surface area (Å²) in [5.74, 6) is -0.918. The molecule has 1 aromatic rings. The molecule has 0 radical (unpaired) electrons. The van der Waals surface area contributed by atoms with Crippen molar-refractivity contribution in [3.63, 3.8) is 0 Å².